The fourth-order valence-corrected chi connectivity index (χ4v) is 4.22. The fourth-order valence-electron chi connectivity index (χ4n) is 2.78. The molecule has 1 aromatic carbocycles. The summed E-state index contributed by atoms with van der Waals surface area (Å²) in [6, 6.07) is 8.30. The van der Waals surface area contributed by atoms with E-state index in [0.717, 1.165) is 12.1 Å². The van der Waals surface area contributed by atoms with Crippen LogP contribution in [-0.2, 0) is 15.6 Å². The third-order valence-electron chi connectivity index (χ3n) is 4.20. The Morgan fingerprint density at radius 2 is 1.78 bits per heavy atom. The average Bonchev–Trinajstić information content (AvgIpc) is 2.56. The number of sulfonamides is 1. The number of hydrogen-bond donors (Lipinski definition) is 1. The molecule has 122 valence electrons. The van der Waals surface area contributed by atoms with Crippen LogP contribution in [-0.4, -0.2) is 35.9 Å². The summed E-state index contributed by atoms with van der Waals surface area (Å²) < 4.78 is 39.4. The Morgan fingerprint density at radius 1 is 1.13 bits per heavy atom. The molecule has 2 aromatic rings. The van der Waals surface area contributed by atoms with Gasteiger partial charge in [0.25, 0.3) is 0 Å². The number of halogens is 1. The molecule has 5 nitrogen and oxygen atoms in total. The summed E-state index contributed by atoms with van der Waals surface area (Å²) in [5, 5.41) is 10.7. The van der Waals surface area contributed by atoms with Crippen molar-refractivity contribution in [3.05, 3.63) is 60.2 Å². The first-order chi connectivity index (χ1) is 10.9. The van der Waals surface area contributed by atoms with Gasteiger partial charge in [-0.15, -0.1) is 0 Å². The van der Waals surface area contributed by atoms with Crippen molar-refractivity contribution in [3.63, 3.8) is 0 Å². The molecule has 0 bridgehead atoms. The summed E-state index contributed by atoms with van der Waals surface area (Å²) in [5.74, 6) is -0.478. The van der Waals surface area contributed by atoms with Crippen molar-refractivity contribution in [1.29, 1.82) is 0 Å². The number of piperidine rings is 1. The highest BCUT2D eigenvalue weighted by atomic mass is 32.2. The molecule has 1 aliphatic heterocycles. The van der Waals surface area contributed by atoms with E-state index in [9.17, 15) is 17.9 Å². The molecule has 2 heterocycles. The van der Waals surface area contributed by atoms with Crippen LogP contribution in [0.3, 0.4) is 0 Å². The Morgan fingerprint density at radius 3 is 2.35 bits per heavy atom. The Hall–Kier alpha value is -1.83. The molecular formula is C16H17FN2O3S. The molecule has 7 heteroatoms. The summed E-state index contributed by atoms with van der Waals surface area (Å²) in [4.78, 5) is 4.06. The Balaban J connectivity index is 1.77. The van der Waals surface area contributed by atoms with Crippen LogP contribution >= 0.6 is 0 Å². The average molecular weight is 336 g/mol. The van der Waals surface area contributed by atoms with E-state index in [4.69, 9.17) is 0 Å². The smallest absolute Gasteiger partial charge is 0.243 e. The first-order valence-corrected chi connectivity index (χ1v) is 8.74. The van der Waals surface area contributed by atoms with E-state index in [1.165, 1.54) is 16.4 Å². The second kappa shape index (κ2) is 5.99. The third kappa shape index (κ3) is 3.12. The van der Waals surface area contributed by atoms with Crippen molar-refractivity contribution in [2.45, 2.75) is 23.3 Å². The van der Waals surface area contributed by atoms with E-state index in [0.29, 0.717) is 18.4 Å². The van der Waals surface area contributed by atoms with Gasteiger partial charge in [0, 0.05) is 31.0 Å². The largest absolute Gasteiger partial charge is 0.385 e. The van der Waals surface area contributed by atoms with E-state index >= 15 is 0 Å². The third-order valence-corrected chi connectivity index (χ3v) is 6.11. The van der Waals surface area contributed by atoms with E-state index in [-0.39, 0.29) is 18.0 Å². The van der Waals surface area contributed by atoms with Gasteiger partial charge in [0.15, 0.2) is 0 Å². The monoisotopic (exact) mass is 336 g/mol. The molecule has 0 unspecified atom stereocenters. The predicted octanol–water partition coefficient (Wildman–Crippen LogP) is 1.89. The van der Waals surface area contributed by atoms with Gasteiger partial charge in [0.05, 0.1) is 10.5 Å². The number of aliphatic hydroxyl groups is 1. The molecule has 1 N–H and O–H groups in total. The van der Waals surface area contributed by atoms with E-state index in [1.54, 1.807) is 24.5 Å². The molecule has 0 radical (unpaired) electrons. The molecule has 23 heavy (non-hydrogen) atoms. The maximum absolute atomic E-state index is 13.0. The standard InChI is InChI=1S/C16H17FN2O3S/c17-14-3-5-15(6-4-14)23(21,22)19-10-7-16(20,8-11-19)13-2-1-9-18-12-13/h1-6,9,12,20H,7-8,10-11H2. The van der Waals surface area contributed by atoms with Crippen LogP contribution in [0.2, 0.25) is 0 Å². The van der Waals surface area contributed by atoms with Crippen LogP contribution in [0.15, 0.2) is 53.7 Å². The predicted molar refractivity (Wildman–Crippen MR) is 82.5 cm³/mol. The number of nitrogens with zero attached hydrogens (tertiary/aromatic N) is 2. The molecule has 3 rings (SSSR count). The van der Waals surface area contributed by atoms with Gasteiger partial charge < -0.3 is 5.11 Å². The second-order valence-corrected chi connectivity index (χ2v) is 7.57. The van der Waals surface area contributed by atoms with E-state index in [1.807, 2.05) is 0 Å². The summed E-state index contributed by atoms with van der Waals surface area (Å²) in [5.41, 5.74) is -0.373. The molecule has 0 saturated carbocycles. The Kier molecular flexibility index (Phi) is 4.18. The van der Waals surface area contributed by atoms with Crippen LogP contribution in [0.25, 0.3) is 0 Å². The zero-order chi connectivity index (χ0) is 16.5. The van der Waals surface area contributed by atoms with Gasteiger partial charge in [-0.2, -0.15) is 4.31 Å². The molecule has 0 amide bonds. The quantitative estimate of drug-likeness (QED) is 0.929. The van der Waals surface area contributed by atoms with Crippen molar-refractivity contribution in [3.8, 4) is 0 Å². The first kappa shape index (κ1) is 16.0. The Labute approximate surface area is 134 Å². The molecular weight excluding hydrogens is 319 g/mol. The van der Waals surface area contributed by atoms with Gasteiger partial charge in [-0.25, -0.2) is 12.8 Å². The lowest BCUT2D eigenvalue weighted by molar-refractivity contribution is -0.00989. The lowest BCUT2D eigenvalue weighted by Crippen LogP contribution is -2.45. The number of rotatable bonds is 3. The second-order valence-electron chi connectivity index (χ2n) is 5.63. The normalized spacial score (nSPS) is 18.7. The minimum atomic E-state index is -3.67. The maximum Gasteiger partial charge on any atom is 0.243 e. The molecule has 0 atom stereocenters. The van der Waals surface area contributed by atoms with Crippen LogP contribution in [0, 0.1) is 5.82 Å². The van der Waals surface area contributed by atoms with Gasteiger partial charge in [0.1, 0.15) is 5.82 Å². The first-order valence-electron chi connectivity index (χ1n) is 7.30. The highest BCUT2D eigenvalue weighted by molar-refractivity contribution is 7.89. The molecule has 1 aromatic heterocycles. The number of benzene rings is 1. The summed E-state index contributed by atoms with van der Waals surface area (Å²) >= 11 is 0. The van der Waals surface area contributed by atoms with Crippen LogP contribution in [0.4, 0.5) is 4.39 Å². The van der Waals surface area contributed by atoms with Crippen molar-refractivity contribution in [1.82, 2.24) is 9.29 Å². The van der Waals surface area contributed by atoms with Crippen molar-refractivity contribution in [2.24, 2.45) is 0 Å². The highest BCUT2D eigenvalue weighted by Gasteiger charge is 2.38. The van der Waals surface area contributed by atoms with Gasteiger partial charge in [0.2, 0.25) is 10.0 Å². The van der Waals surface area contributed by atoms with Gasteiger partial charge >= 0.3 is 0 Å². The molecule has 1 fully saturated rings. The van der Waals surface area contributed by atoms with Gasteiger partial charge in [-0.05, 0) is 43.2 Å². The minimum absolute atomic E-state index is 0.0608. The summed E-state index contributed by atoms with van der Waals surface area (Å²) in [7, 11) is -3.67. The van der Waals surface area contributed by atoms with Crippen molar-refractivity contribution >= 4 is 10.0 Å². The number of hydrogen-bond acceptors (Lipinski definition) is 4. The minimum Gasteiger partial charge on any atom is -0.385 e. The summed E-state index contributed by atoms with van der Waals surface area (Å²) in [6.07, 6.45) is 3.81. The fraction of sp³-hybridized carbons (Fsp3) is 0.312. The molecule has 1 aliphatic rings. The van der Waals surface area contributed by atoms with Crippen molar-refractivity contribution < 1.29 is 17.9 Å². The lowest BCUT2D eigenvalue weighted by Gasteiger charge is -2.37. The van der Waals surface area contributed by atoms with Gasteiger partial charge in [-0.1, -0.05) is 6.07 Å². The highest BCUT2D eigenvalue weighted by Crippen LogP contribution is 2.34. The van der Waals surface area contributed by atoms with Crippen LogP contribution in [0.1, 0.15) is 18.4 Å². The van der Waals surface area contributed by atoms with Crippen molar-refractivity contribution in [2.75, 3.05) is 13.1 Å². The topological polar surface area (TPSA) is 70.5 Å². The van der Waals surface area contributed by atoms with Crippen LogP contribution < -0.4 is 0 Å². The lowest BCUT2D eigenvalue weighted by atomic mass is 9.86. The number of aromatic nitrogens is 1. The summed E-state index contributed by atoms with van der Waals surface area (Å²) in [6.45, 7) is 0.399. The van der Waals surface area contributed by atoms with E-state index in [2.05, 4.69) is 4.98 Å². The van der Waals surface area contributed by atoms with E-state index < -0.39 is 21.4 Å². The van der Waals surface area contributed by atoms with Gasteiger partial charge in [-0.3, -0.25) is 4.98 Å². The zero-order valence-corrected chi connectivity index (χ0v) is 13.2. The molecule has 1 saturated heterocycles. The maximum atomic E-state index is 13.0. The molecule has 0 aliphatic carbocycles. The SMILES string of the molecule is O=S(=O)(c1ccc(F)cc1)N1CCC(O)(c2cccnc2)CC1. The number of pyridine rings is 1. The molecule has 0 spiro atoms. The van der Waals surface area contributed by atoms with Crippen LogP contribution in [0.5, 0.6) is 0 Å². The zero-order valence-electron chi connectivity index (χ0n) is 12.4. The Bertz CT molecular complexity index is 771.